The maximum atomic E-state index is 12.1. The van der Waals surface area contributed by atoms with Crippen LogP contribution in [0, 0.1) is 0 Å². The van der Waals surface area contributed by atoms with Gasteiger partial charge >= 0.3 is 0 Å². The number of nitrogens with zero attached hydrogens (tertiary/aromatic N) is 2. The van der Waals surface area contributed by atoms with Gasteiger partial charge in [-0.15, -0.1) is 0 Å². The lowest BCUT2D eigenvalue weighted by molar-refractivity contribution is -0.121. The molecule has 1 heterocycles. The molecule has 3 aromatic rings. The third-order valence-corrected chi connectivity index (χ3v) is 5.48. The van der Waals surface area contributed by atoms with E-state index in [1.54, 1.807) is 6.20 Å². The average molecular weight is 425 g/mol. The van der Waals surface area contributed by atoms with Gasteiger partial charge in [0.2, 0.25) is 15.9 Å². The summed E-state index contributed by atoms with van der Waals surface area (Å²) in [6, 6.07) is 18.8. The fourth-order valence-corrected chi connectivity index (χ4v) is 3.64. The number of benzene rings is 2. The molecule has 156 valence electrons. The molecule has 3 rings (SSSR count). The molecule has 0 aliphatic carbocycles. The predicted molar refractivity (Wildman–Crippen MR) is 117 cm³/mol. The van der Waals surface area contributed by atoms with Crippen LogP contribution in [0.2, 0.25) is 0 Å². The van der Waals surface area contributed by atoms with Gasteiger partial charge in [0.05, 0.1) is 6.54 Å². The van der Waals surface area contributed by atoms with Crippen LogP contribution in [-0.4, -0.2) is 30.7 Å². The van der Waals surface area contributed by atoms with Crippen LogP contribution in [0.4, 0.5) is 0 Å². The van der Waals surface area contributed by atoms with Gasteiger partial charge in [-0.1, -0.05) is 54.6 Å². The molecule has 0 aliphatic heterocycles. The lowest BCUT2D eigenvalue weighted by Gasteiger charge is -2.11. The SMILES string of the molecule is O=C(CCNS(=O)(=O)/C=C/c1ccccc1)NCc1ccccc1Cn1cccn1. The molecule has 0 aliphatic rings. The van der Waals surface area contributed by atoms with Crippen molar-refractivity contribution < 1.29 is 13.2 Å². The molecule has 2 N–H and O–H groups in total. The van der Waals surface area contributed by atoms with Gasteiger partial charge in [0.1, 0.15) is 0 Å². The van der Waals surface area contributed by atoms with Crippen LogP contribution in [0.3, 0.4) is 0 Å². The molecule has 7 nitrogen and oxygen atoms in total. The van der Waals surface area contributed by atoms with Crippen LogP contribution in [-0.2, 0) is 27.9 Å². The van der Waals surface area contributed by atoms with Gasteiger partial charge in [0.15, 0.2) is 0 Å². The fourth-order valence-electron chi connectivity index (χ4n) is 2.82. The normalized spacial score (nSPS) is 11.6. The Kier molecular flexibility index (Phi) is 7.53. The fraction of sp³-hybridized carbons (Fsp3) is 0.182. The molecule has 2 aromatic carbocycles. The van der Waals surface area contributed by atoms with Crippen molar-refractivity contribution in [3.05, 3.63) is 95.2 Å². The molecule has 0 radical (unpaired) electrons. The number of carbonyl (C=O) groups excluding carboxylic acids is 1. The zero-order chi connectivity index (χ0) is 21.2. The van der Waals surface area contributed by atoms with E-state index in [4.69, 9.17) is 0 Å². The van der Waals surface area contributed by atoms with E-state index >= 15 is 0 Å². The van der Waals surface area contributed by atoms with Crippen LogP contribution in [0.1, 0.15) is 23.1 Å². The van der Waals surface area contributed by atoms with Gasteiger partial charge in [0.25, 0.3) is 0 Å². The quantitative estimate of drug-likeness (QED) is 0.523. The molecule has 0 saturated carbocycles. The van der Waals surface area contributed by atoms with E-state index < -0.39 is 10.0 Å². The smallest absolute Gasteiger partial charge is 0.233 e. The highest BCUT2D eigenvalue weighted by Gasteiger charge is 2.09. The van der Waals surface area contributed by atoms with Gasteiger partial charge in [-0.3, -0.25) is 9.48 Å². The van der Waals surface area contributed by atoms with Gasteiger partial charge < -0.3 is 5.32 Å². The second-order valence-electron chi connectivity index (χ2n) is 6.65. The molecular weight excluding hydrogens is 400 g/mol. The van der Waals surface area contributed by atoms with Gasteiger partial charge in [-0.05, 0) is 28.8 Å². The van der Waals surface area contributed by atoms with Crippen molar-refractivity contribution >= 4 is 22.0 Å². The van der Waals surface area contributed by atoms with Crippen LogP contribution in [0.5, 0.6) is 0 Å². The maximum absolute atomic E-state index is 12.1. The third kappa shape index (κ3) is 6.98. The van der Waals surface area contributed by atoms with E-state index in [0.29, 0.717) is 13.1 Å². The number of sulfonamides is 1. The number of aromatic nitrogens is 2. The van der Waals surface area contributed by atoms with Crippen LogP contribution < -0.4 is 10.0 Å². The Morgan fingerprint density at radius 2 is 1.73 bits per heavy atom. The molecule has 30 heavy (non-hydrogen) atoms. The number of amides is 1. The highest BCUT2D eigenvalue weighted by atomic mass is 32.2. The second-order valence-corrected chi connectivity index (χ2v) is 8.30. The first-order valence-corrected chi connectivity index (χ1v) is 11.1. The Labute approximate surface area is 176 Å². The van der Waals surface area contributed by atoms with Crippen molar-refractivity contribution in [1.29, 1.82) is 0 Å². The van der Waals surface area contributed by atoms with Gasteiger partial charge in [0, 0.05) is 37.3 Å². The minimum absolute atomic E-state index is 0.0300. The summed E-state index contributed by atoms with van der Waals surface area (Å²) < 4.78 is 28.3. The summed E-state index contributed by atoms with van der Waals surface area (Å²) in [6.07, 6.45) is 5.17. The Bertz CT molecular complexity index is 1080. The van der Waals surface area contributed by atoms with Crippen molar-refractivity contribution in [1.82, 2.24) is 19.8 Å². The predicted octanol–water partition coefficient (Wildman–Crippen LogP) is 2.53. The summed E-state index contributed by atoms with van der Waals surface area (Å²) in [6.45, 7) is 1.02. The summed E-state index contributed by atoms with van der Waals surface area (Å²) in [5.41, 5.74) is 2.84. The van der Waals surface area contributed by atoms with Crippen molar-refractivity contribution in [2.24, 2.45) is 0 Å². The zero-order valence-electron chi connectivity index (χ0n) is 16.4. The van der Waals surface area contributed by atoms with E-state index in [-0.39, 0.29) is 18.9 Å². The lowest BCUT2D eigenvalue weighted by atomic mass is 10.1. The van der Waals surface area contributed by atoms with Crippen molar-refractivity contribution in [3.8, 4) is 0 Å². The number of hydrogen-bond acceptors (Lipinski definition) is 4. The van der Waals surface area contributed by atoms with Gasteiger partial charge in [-0.2, -0.15) is 5.10 Å². The van der Waals surface area contributed by atoms with E-state index in [2.05, 4.69) is 15.1 Å². The molecule has 0 saturated heterocycles. The molecule has 8 heteroatoms. The Balaban J connectivity index is 1.45. The average Bonchev–Trinajstić information content (AvgIpc) is 3.25. The number of nitrogens with one attached hydrogen (secondary N) is 2. The minimum Gasteiger partial charge on any atom is -0.352 e. The van der Waals surface area contributed by atoms with Crippen LogP contribution in [0.15, 0.2) is 78.5 Å². The maximum Gasteiger partial charge on any atom is 0.233 e. The summed E-state index contributed by atoms with van der Waals surface area (Å²) in [4.78, 5) is 12.1. The molecule has 1 amide bonds. The summed E-state index contributed by atoms with van der Waals surface area (Å²) >= 11 is 0. The standard InChI is InChI=1S/C22H24N4O3S/c27-22(11-14-25-30(28,29)16-12-19-7-2-1-3-8-19)23-17-20-9-4-5-10-21(20)18-26-15-6-13-24-26/h1-10,12-13,15-16,25H,11,14,17-18H2,(H,23,27)/b16-12+. The topological polar surface area (TPSA) is 93.1 Å². The highest BCUT2D eigenvalue weighted by Crippen LogP contribution is 2.10. The Hall–Kier alpha value is -3.23. The molecule has 0 unspecified atom stereocenters. The second kappa shape index (κ2) is 10.5. The largest absolute Gasteiger partial charge is 0.352 e. The summed E-state index contributed by atoms with van der Waals surface area (Å²) in [7, 11) is -3.60. The van der Waals surface area contributed by atoms with Gasteiger partial charge in [-0.25, -0.2) is 13.1 Å². The lowest BCUT2D eigenvalue weighted by Crippen LogP contribution is -2.29. The third-order valence-electron chi connectivity index (χ3n) is 4.38. The van der Waals surface area contributed by atoms with Crippen molar-refractivity contribution in [2.75, 3.05) is 6.54 Å². The van der Waals surface area contributed by atoms with E-state index in [1.807, 2.05) is 71.5 Å². The summed E-state index contributed by atoms with van der Waals surface area (Å²) in [5, 5.41) is 8.15. The van der Waals surface area contributed by atoms with E-state index in [9.17, 15) is 13.2 Å². The summed E-state index contributed by atoms with van der Waals surface area (Å²) in [5.74, 6) is -0.223. The first-order valence-electron chi connectivity index (χ1n) is 9.55. The van der Waals surface area contributed by atoms with E-state index in [0.717, 1.165) is 22.1 Å². The van der Waals surface area contributed by atoms with Crippen LogP contribution in [0.25, 0.3) is 6.08 Å². The zero-order valence-corrected chi connectivity index (χ0v) is 17.3. The first kappa shape index (κ1) is 21.5. The molecule has 0 atom stereocenters. The molecule has 0 bridgehead atoms. The van der Waals surface area contributed by atoms with Crippen molar-refractivity contribution in [2.45, 2.75) is 19.5 Å². The van der Waals surface area contributed by atoms with E-state index in [1.165, 1.54) is 6.08 Å². The molecular formula is C22H24N4O3S. The molecule has 1 aromatic heterocycles. The first-order chi connectivity index (χ1) is 14.5. The molecule has 0 fully saturated rings. The Morgan fingerprint density at radius 1 is 1.00 bits per heavy atom. The van der Waals surface area contributed by atoms with Crippen LogP contribution >= 0.6 is 0 Å². The highest BCUT2D eigenvalue weighted by molar-refractivity contribution is 7.92. The molecule has 0 spiro atoms. The number of rotatable bonds is 10. The minimum atomic E-state index is -3.60. The van der Waals surface area contributed by atoms with Crippen molar-refractivity contribution in [3.63, 3.8) is 0 Å². The Morgan fingerprint density at radius 3 is 2.47 bits per heavy atom. The number of carbonyl (C=O) groups is 1. The monoisotopic (exact) mass is 424 g/mol. The number of hydrogen-bond donors (Lipinski definition) is 2.